The van der Waals surface area contributed by atoms with Gasteiger partial charge in [-0.25, -0.2) is 14.8 Å². The van der Waals surface area contributed by atoms with Gasteiger partial charge < -0.3 is 10.4 Å². The molecule has 5 heteroatoms. The lowest BCUT2D eigenvalue weighted by atomic mass is 10.1. The summed E-state index contributed by atoms with van der Waals surface area (Å²) in [5.74, 6) is -0.455. The average Bonchev–Trinajstić information content (AvgIpc) is 2.43. The third-order valence-electron chi connectivity index (χ3n) is 3.40. The van der Waals surface area contributed by atoms with Crippen LogP contribution in [0.3, 0.4) is 0 Å². The maximum atomic E-state index is 11.4. The predicted octanol–water partition coefficient (Wildman–Crippen LogP) is 3.66. The standard InChI is InChI=1S/C16H19N3O2/c1-9(2)15-17-8-13(14(19-15)16(20)21)18-12-7-5-6-10(3)11(12)4/h5-9,18H,1-4H3,(H,20,21). The van der Waals surface area contributed by atoms with Crippen LogP contribution >= 0.6 is 0 Å². The number of carboxylic acid groups (broad SMARTS) is 1. The Kier molecular flexibility index (Phi) is 4.21. The molecule has 2 aromatic rings. The van der Waals surface area contributed by atoms with Crippen LogP contribution in [0.1, 0.15) is 47.2 Å². The summed E-state index contributed by atoms with van der Waals surface area (Å²) in [6.45, 7) is 7.86. The number of nitrogens with one attached hydrogen (secondary N) is 1. The van der Waals surface area contributed by atoms with E-state index in [1.54, 1.807) is 0 Å². The zero-order valence-electron chi connectivity index (χ0n) is 12.6. The van der Waals surface area contributed by atoms with Crippen molar-refractivity contribution in [1.29, 1.82) is 0 Å². The number of hydrogen-bond acceptors (Lipinski definition) is 4. The van der Waals surface area contributed by atoms with E-state index in [1.807, 2.05) is 45.9 Å². The highest BCUT2D eigenvalue weighted by Crippen LogP contribution is 2.25. The molecule has 0 bridgehead atoms. The average molecular weight is 285 g/mol. The molecule has 0 unspecified atom stereocenters. The number of aromatic carboxylic acids is 1. The Morgan fingerprint density at radius 3 is 2.57 bits per heavy atom. The number of aromatic nitrogens is 2. The number of aryl methyl sites for hydroxylation is 1. The first-order chi connectivity index (χ1) is 9.90. The minimum atomic E-state index is -1.06. The van der Waals surface area contributed by atoms with E-state index in [0.717, 1.165) is 16.8 Å². The molecule has 0 aliphatic carbocycles. The van der Waals surface area contributed by atoms with Crippen LogP contribution in [-0.4, -0.2) is 21.0 Å². The summed E-state index contributed by atoms with van der Waals surface area (Å²) in [5, 5.41) is 12.5. The Bertz CT molecular complexity index is 681. The van der Waals surface area contributed by atoms with Crippen molar-refractivity contribution in [3.63, 3.8) is 0 Å². The van der Waals surface area contributed by atoms with Crippen molar-refractivity contribution in [2.75, 3.05) is 5.32 Å². The van der Waals surface area contributed by atoms with Gasteiger partial charge in [-0.1, -0.05) is 26.0 Å². The van der Waals surface area contributed by atoms with Crippen LogP contribution in [0.4, 0.5) is 11.4 Å². The molecule has 0 spiro atoms. The number of rotatable bonds is 4. The highest BCUT2D eigenvalue weighted by Gasteiger charge is 2.16. The minimum absolute atomic E-state index is 0.00499. The number of carboxylic acids is 1. The Morgan fingerprint density at radius 2 is 1.95 bits per heavy atom. The summed E-state index contributed by atoms with van der Waals surface area (Å²) >= 11 is 0. The van der Waals surface area contributed by atoms with Crippen molar-refractivity contribution >= 4 is 17.3 Å². The van der Waals surface area contributed by atoms with E-state index in [-0.39, 0.29) is 11.6 Å². The quantitative estimate of drug-likeness (QED) is 0.896. The van der Waals surface area contributed by atoms with E-state index in [1.165, 1.54) is 6.20 Å². The second-order valence-corrected chi connectivity index (χ2v) is 5.32. The Hall–Kier alpha value is -2.43. The van der Waals surface area contributed by atoms with Crippen molar-refractivity contribution in [2.45, 2.75) is 33.6 Å². The van der Waals surface area contributed by atoms with Crippen molar-refractivity contribution in [3.05, 3.63) is 47.0 Å². The molecule has 1 aromatic carbocycles. The SMILES string of the molecule is Cc1cccc(Nc2cnc(C(C)C)nc2C(=O)O)c1C. The molecular formula is C16H19N3O2. The Labute approximate surface area is 124 Å². The van der Waals surface area contributed by atoms with Gasteiger partial charge in [-0.15, -0.1) is 0 Å². The number of nitrogens with zero attached hydrogens (tertiary/aromatic N) is 2. The fourth-order valence-electron chi connectivity index (χ4n) is 1.96. The monoisotopic (exact) mass is 285 g/mol. The molecule has 1 aromatic heterocycles. The molecule has 5 nitrogen and oxygen atoms in total. The van der Waals surface area contributed by atoms with Crippen LogP contribution in [-0.2, 0) is 0 Å². The van der Waals surface area contributed by atoms with E-state index < -0.39 is 5.97 Å². The molecule has 2 N–H and O–H groups in total. The molecular weight excluding hydrogens is 266 g/mol. The topological polar surface area (TPSA) is 75.1 Å². The molecule has 0 aliphatic rings. The van der Waals surface area contributed by atoms with Crippen LogP contribution in [0.25, 0.3) is 0 Å². The molecule has 21 heavy (non-hydrogen) atoms. The highest BCUT2D eigenvalue weighted by atomic mass is 16.4. The molecule has 1 heterocycles. The van der Waals surface area contributed by atoms with E-state index in [9.17, 15) is 9.90 Å². The minimum Gasteiger partial charge on any atom is -0.476 e. The number of hydrogen-bond donors (Lipinski definition) is 2. The maximum Gasteiger partial charge on any atom is 0.356 e. The van der Waals surface area contributed by atoms with Gasteiger partial charge in [0.1, 0.15) is 5.82 Å². The summed E-state index contributed by atoms with van der Waals surface area (Å²) in [5.41, 5.74) is 3.46. The maximum absolute atomic E-state index is 11.4. The summed E-state index contributed by atoms with van der Waals surface area (Å²) in [4.78, 5) is 19.8. The van der Waals surface area contributed by atoms with Gasteiger partial charge in [0, 0.05) is 11.6 Å². The number of anilines is 2. The lowest BCUT2D eigenvalue weighted by molar-refractivity contribution is 0.0691. The summed E-state index contributed by atoms with van der Waals surface area (Å²) in [7, 11) is 0. The van der Waals surface area contributed by atoms with Gasteiger partial charge in [0.25, 0.3) is 0 Å². The Balaban J connectivity index is 2.44. The third-order valence-corrected chi connectivity index (χ3v) is 3.40. The number of carbonyl (C=O) groups is 1. The first-order valence-electron chi connectivity index (χ1n) is 6.83. The smallest absolute Gasteiger partial charge is 0.356 e. The molecule has 110 valence electrons. The van der Waals surface area contributed by atoms with Gasteiger partial charge in [0.2, 0.25) is 0 Å². The van der Waals surface area contributed by atoms with Crippen LogP contribution in [0, 0.1) is 13.8 Å². The molecule has 0 saturated heterocycles. The number of benzene rings is 1. The molecule has 0 fully saturated rings. The van der Waals surface area contributed by atoms with E-state index in [0.29, 0.717) is 11.5 Å². The van der Waals surface area contributed by atoms with Crippen molar-refractivity contribution in [1.82, 2.24) is 9.97 Å². The highest BCUT2D eigenvalue weighted by molar-refractivity contribution is 5.92. The molecule has 0 amide bonds. The lowest BCUT2D eigenvalue weighted by Crippen LogP contribution is -2.10. The van der Waals surface area contributed by atoms with E-state index >= 15 is 0 Å². The molecule has 2 rings (SSSR count). The fourth-order valence-corrected chi connectivity index (χ4v) is 1.96. The van der Waals surface area contributed by atoms with Crippen LogP contribution in [0.5, 0.6) is 0 Å². The van der Waals surface area contributed by atoms with Gasteiger partial charge >= 0.3 is 5.97 Å². The van der Waals surface area contributed by atoms with Crippen LogP contribution < -0.4 is 5.32 Å². The van der Waals surface area contributed by atoms with Gasteiger partial charge in [-0.2, -0.15) is 0 Å². The van der Waals surface area contributed by atoms with Crippen molar-refractivity contribution < 1.29 is 9.90 Å². The fraction of sp³-hybridized carbons (Fsp3) is 0.312. The normalized spacial score (nSPS) is 10.7. The van der Waals surface area contributed by atoms with Crippen molar-refractivity contribution in [3.8, 4) is 0 Å². The van der Waals surface area contributed by atoms with Crippen molar-refractivity contribution in [2.24, 2.45) is 0 Å². The predicted molar refractivity (Wildman–Crippen MR) is 82.3 cm³/mol. The van der Waals surface area contributed by atoms with Gasteiger partial charge in [-0.3, -0.25) is 0 Å². The summed E-state index contributed by atoms with van der Waals surface area (Å²) in [6, 6.07) is 5.84. The van der Waals surface area contributed by atoms with E-state index in [2.05, 4.69) is 15.3 Å². The first-order valence-corrected chi connectivity index (χ1v) is 6.83. The van der Waals surface area contributed by atoms with Crippen LogP contribution in [0.2, 0.25) is 0 Å². The van der Waals surface area contributed by atoms with Gasteiger partial charge in [0.15, 0.2) is 5.69 Å². The zero-order chi connectivity index (χ0) is 15.6. The molecule has 0 aliphatic heterocycles. The molecule has 0 saturated carbocycles. The summed E-state index contributed by atoms with van der Waals surface area (Å²) < 4.78 is 0. The van der Waals surface area contributed by atoms with Gasteiger partial charge in [-0.05, 0) is 31.0 Å². The zero-order valence-corrected chi connectivity index (χ0v) is 12.6. The molecule has 0 atom stereocenters. The molecule has 0 radical (unpaired) electrons. The second kappa shape index (κ2) is 5.91. The lowest BCUT2D eigenvalue weighted by Gasteiger charge is -2.14. The summed E-state index contributed by atoms with van der Waals surface area (Å²) in [6.07, 6.45) is 1.54. The largest absolute Gasteiger partial charge is 0.476 e. The first kappa shape index (κ1) is 15.0. The third kappa shape index (κ3) is 3.18. The van der Waals surface area contributed by atoms with Crippen LogP contribution in [0.15, 0.2) is 24.4 Å². The van der Waals surface area contributed by atoms with Gasteiger partial charge in [0.05, 0.1) is 11.9 Å². The second-order valence-electron chi connectivity index (χ2n) is 5.32. The van der Waals surface area contributed by atoms with E-state index in [4.69, 9.17) is 0 Å². The Morgan fingerprint density at radius 1 is 1.24 bits per heavy atom.